The van der Waals surface area contributed by atoms with E-state index in [0.29, 0.717) is 64.9 Å². The molecule has 0 amide bonds. The lowest BCUT2D eigenvalue weighted by Gasteiger charge is -2.47. The number of halogens is 4. The number of benzene rings is 1. The number of rotatable bonds is 9. The van der Waals surface area contributed by atoms with Gasteiger partial charge in [0.05, 0.1) is 41.7 Å². The van der Waals surface area contributed by atoms with Crippen LogP contribution >= 0.6 is 22.9 Å². The van der Waals surface area contributed by atoms with Gasteiger partial charge in [0.1, 0.15) is 18.2 Å². The van der Waals surface area contributed by atoms with Crippen LogP contribution in [0, 0.1) is 13.8 Å². The highest BCUT2D eigenvalue weighted by Gasteiger charge is 2.40. The zero-order valence-corrected chi connectivity index (χ0v) is 28.1. The number of hydrogen-bond acceptors (Lipinski definition) is 9. The normalized spacial score (nSPS) is 17.2. The van der Waals surface area contributed by atoms with Gasteiger partial charge in [-0.3, -0.25) is 24.1 Å². The average Bonchev–Trinajstić information content (AvgIpc) is 3.43. The van der Waals surface area contributed by atoms with Crippen molar-refractivity contribution in [2.75, 3.05) is 40.4 Å². The minimum absolute atomic E-state index is 0.0261. The molecule has 1 unspecified atom stereocenters. The summed E-state index contributed by atoms with van der Waals surface area (Å²) >= 11 is 7.81. The number of nitrogens with zero attached hydrogens (tertiary/aromatic N) is 5. The lowest BCUT2D eigenvalue weighted by atomic mass is 9.90. The highest BCUT2D eigenvalue weighted by Crippen LogP contribution is 2.40. The average molecular weight is 690 g/mol. The number of esters is 1. The summed E-state index contributed by atoms with van der Waals surface area (Å²) in [6.07, 6.45) is -2.26. The van der Waals surface area contributed by atoms with Crippen molar-refractivity contribution in [1.29, 1.82) is 0 Å². The number of likely N-dealkylation sites (N-methyl/N-ethyl adjacent to an activating group) is 1. The van der Waals surface area contributed by atoms with Crippen LogP contribution in [0.2, 0.25) is 5.02 Å². The minimum atomic E-state index is -4.20. The van der Waals surface area contributed by atoms with Gasteiger partial charge in [-0.1, -0.05) is 11.6 Å². The Kier molecular flexibility index (Phi) is 9.36. The highest BCUT2D eigenvalue weighted by atomic mass is 35.5. The van der Waals surface area contributed by atoms with Crippen LogP contribution in [0.15, 0.2) is 34.4 Å². The second-order valence-corrected chi connectivity index (χ2v) is 13.5. The van der Waals surface area contributed by atoms with Crippen LogP contribution in [0.25, 0.3) is 21.3 Å². The third-order valence-corrected chi connectivity index (χ3v) is 10.3. The van der Waals surface area contributed by atoms with Gasteiger partial charge in [0.15, 0.2) is 0 Å². The maximum Gasteiger partial charge on any atom is 0.401 e. The molecule has 3 aromatic heterocycles. The summed E-state index contributed by atoms with van der Waals surface area (Å²) in [6, 6.07) is 7.33. The Morgan fingerprint density at radius 3 is 2.64 bits per heavy atom. The summed E-state index contributed by atoms with van der Waals surface area (Å²) in [7, 11) is 3.27. The second kappa shape index (κ2) is 13.2. The van der Waals surface area contributed by atoms with Gasteiger partial charge >= 0.3 is 12.1 Å². The third-order valence-electron chi connectivity index (χ3n) is 9.05. The number of fused-ring (bicyclic) bond motifs is 2. The first-order chi connectivity index (χ1) is 22.3. The molecule has 1 atom stereocenters. The molecule has 2 aliphatic rings. The van der Waals surface area contributed by atoms with E-state index in [1.807, 2.05) is 33.0 Å². The SMILES string of the molecule is COC(=O)c1csc2c(-c3cc(Cl)ccc3OCCn3c(C)nc4c(c3=O)CC(N(C)C3CN(CC(F)(F)F)C3)CC4)cc(C)nc12. The molecule has 1 aromatic carbocycles. The van der Waals surface area contributed by atoms with Crippen molar-refractivity contribution in [1.82, 2.24) is 24.3 Å². The van der Waals surface area contributed by atoms with E-state index in [0.717, 1.165) is 27.9 Å². The number of pyridine rings is 1. The smallest absolute Gasteiger partial charge is 0.401 e. The number of carbonyl (C=O) groups excluding carboxylic acids is 1. The molecule has 1 aliphatic carbocycles. The number of aromatic nitrogens is 3. The van der Waals surface area contributed by atoms with Gasteiger partial charge in [-0.25, -0.2) is 9.78 Å². The Hall–Kier alpha value is -3.52. The Morgan fingerprint density at radius 1 is 1.15 bits per heavy atom. The van der Waals surface area contributed by atoms with Crippen molar-refractivity contribution in [2.24, 2.45) is 0 Å². The molecule has 4 heterocycles. The molecule has 14 heteroatoms. The van der Waals surface area contributed by atoms with Gasteiger partial charge in [0.25, 0.3) is 5.56 Å². The number of alkyl halides is 3. The summed E-state index contributed by atoms with van der Waals surface area (Å²) in [5.74, 6) is 0.700. The van der Waals surface area contributed by atoms with Gasteiger partial charge < -0.3 is 9.47 Å². The highest BCUT2D eigenvalue weighted by molar-refractivity contribution is 7.18. The number of hydrogen-bond donors (Lipinski definition) is 0. The van der Waals surface area contributed by atoms with Crippen molar-refractivity contribution in [3.05, 3.63) is 73.4 Å². The monoisotopic (exact) mass is 689 g/mol. The second-order valence-electron chi connectivity index (χ2n) is 12.2. The number of aryl methyl sites for hydroxylation is 3. The molecule has 0 saturated carbocycles. The van der Waals surface area contributed by atoms with Crippen LogP contribution in [0.3, 0.4) is 0 Å². The molecule has 0 bridgehead atoms. The Bertz CT molecular complexity index is 1890. The topological polar surface area (TPSA) is 89.8 Å². The van der Waals surface area contributed by atoms with Gasteiger partial charge in [-0.2, -0.15) is 13.2 Å². The predicted molar refractivity (Wildman–Crippen MR) is 175 cm³/mol. The predicted octanol–water partition coefficient (Wildman–Crippen LogP) is 5.69. The summed E-state index contributed by atoms with van der Waals surface area (Å²) in [6.45, 7) is 3.94. The molecular formula is C33H35ClF3N5O4S. The third kappa shape index (κ3) is 6.89. The largest absolute Gasteiger partial charge is 0.491 e. The number of thiophene rings is 1. The van der Waals surface area contributed by atoms with E-state index in [1.165, 1.54) is 23.3 Å². The van der Waals surface area contributed by atoms with Crippen molar-refractivity contribution in [3.63, 3.8) is 0 Å². The quantitative estimate of drug-likeness (QED) is 0.207. The van der Waals surface area contributed by atoms with Gasteiger partial charge in [0.2, 0.25) is 0 Å². The van der Waals surface area contributed by atoms with E-state index >= 15 is 0 Å². The first-order valence-corrected chi connectivity index (χ1v) is 16.6. The molecule has 0 radical (unpaired) electrons. The first kappa shape index (κ1) is 33.4. The van der Waals surface area contributed by atoms with Crippen LogP contribution < -0.4 is 10.3 Å². The van der Waals surface area contributed by atoms with Crippen LogP contribution in [0.4, 0.5) is 13.2 Å². The van der Waals surface area contributed by atoms with Crippen molar-refractivity contribution >= 4 is 39.1 Å². The van der Waals surface area contributed by atoms with E-state index in [9.17, 15) is 22.8 Å². The zero-order valence-electron chi connectivity index (χ0n) is 26.5. The van der Waals surface area contributed by atoms with E-state index in [2.05, 4.69) is 9.88 Å². The molecular weight excluding hydrogens is 655 g/mol. The molecule has 1 saturated heterocycles. The zero-order chi connectivity index (χ0) is 33.6. The summed E-state index contributed by atoms with van der Waals surface area (Å²) in [5, 5.41) is 2.24. The molecule has 47 heavy (non-hydrogen) atoms. The lowest BCUT2D eigenvalue weighted by molar-refractivity contribution is -0.161. The fourth-order valence-electron chi connectivity index (χ4n) is 6.58. The fraction of sp³-hybridized carbons (Fsp3) is 0.455. The molecule has 1 fully saturated rings. The molecule has 0 spiro atoms. The number of likely N-dealkylation sites (tertiary alicyclic amines) is 1. The van der Waals surface area contributed by atoms with Gasteiger partial charge in [-0.15, -0.1) is 11.3 Å². The number of carbonyl (C=O) groups is 1. The van der Waals surface area contributed by atoms with E-state index in [1.54, 1.807) is 22.1 Å². The van der Waals surface area contributed by atoms with Crippen LogP contribution in [0.1, 0.15) is 39.6 Å². The van der Waals surface area contributed by atoms with Gasteiger partial charge in [0, 0.05) is 58.0 Å². The molecule has 0 N–H and O–H groups in total. The molecule has 1 aliphatic heterocycles. The maximum atomic E-state index is 13.8. The molecule has 9 nitrogen and oxygen atoms in total. The number of ether oxygens (including phenoxy) is 2. The fourth-order valence-corrected chi connectivity index (χ4v) is 7.76. The van der Waals surface area contributed by atoms with E-state index in [-0.39, 0.29) is 30.8 Å². The first-order valence-electron chi connectivity index (χ1n) is 15.3. The van der Waals surface area contributed by atoms with Crippen molar-refractivity contribution in [2.45, 2.75) is 57.9 Å². The molecule has 6 rings (SSSR count). The van der Waals surface area contributed by atoms with Crippen molar-refractivity contribution in [3.8, 4) is 16.9 Å². The summed E-state index contributed by atoms with van der Waals surface area (Å²) in [5.41, 5.74) is 4.53. The van der Waals surface area contributed by atoms with Crippen molar-refractivity contribution < 1.29 is 27.4 Å². The number of methoxy groups -OCH3 is 1. The summed E-state index contributed by atoms with van der Waals surface area (Å²) < 4.78 is 51.9. The maximum absolute atomic E-state index is 13.8. The standard InChI is InChI=1S/C33H35ClF3N5O4S/c1-18-11-24(30-29(38-18)26(16-47-30)32(44)45-4)23-12-20(34)5-8-28(23)46-10-9-42-19(2)39-27-7-6-21(13-25(27)31(42)43)40(3)22-14-41(15-22)17-33(35,36)37/h5,8,11-12,16,21-22H,6-7,9-10,13-15,17H2,1-4H3. The summed E-state index contributed by atoms with van der Waals surface area (Å²) in [4.78, 5) is 39.0. The molecule has 250 valence electrons. The van der Waals surface area contributed by atoms with Crippen LogP contribution in [-0.4, -0.2) is 89.0 Å². The minimum Gasteiger partial charge on any atom is -0.491 e. The van der Waals surface area contributed by atoms with E-state index < -0.39 is 18.7 Å². The molecule has 4 aromatic rings. The lowest BCUT2D eigenvalue weighted by Crippen LogP contribution is -2.62. The Balaban J connectivity index is 1.19. The Labute approximate surface area is 278 Å². The van der Waals surface area contributed by atoms with E-state index in [4.69, 9.17) is 26.1 Å². The van der Waals surface area contributed by atoms with Crippen LogP contribution in [-0.2, 0) is 24.1 Å². The van der Waals surface area contributed by atoms with Crippen LogP contribution in [0.5, 0.6) is 5.75 Å². The Morgan fingerprint density at radius 2 is 1.91 bits per heavy atom. The van der Waals surface area contributed by atoms with Gasteiger partial charge in [-0.05, 0) is 64.4 Å².